The van der Waals surface area contributed by atoms with Crippen molar-refractivity contribution in [3.63, 3.8) is 0 Å². The summed E-state index contributed by atoms with van der Waals surface area (Å²) in [4.78, 5) is 11.1. The van der Waals surface area contributed by atoms with E-state index in [2.05, 4.69) is 5.32 Å². The smallest absolute Gasteiger partial charge is 0.235 e. The molecule has 1 aromatic rings. The van der Waals surface area contributed by atoms with Gasteiger partial charge in [-0.1, -0.05) is 24.3 Å². The number of carbonyl (C=O) groups is 1. The highest BCUT2D eigenvalue weighted by atomic mass is 35.5. The highest BCUT2D eigenvalue weighted by Gasteiger charge is 2.09. The van der Waals surface area contributed by atoms with Crippen LogP contribution in [0.2, 0.25) is 0 Å². The van der Waals surface area contributed by atoms with Gasteiger partial charge in [0.1, 0.15) is 5.88 Å². The zero-order valence-corrected chi connectivity index (χ0v) is 9.14. The molecule has 1 aromatic carbocycles. The Bertz CT molecular complexity index is 325. The molecule has 1 N–H and O–H groups in total. The van der Waals surface area contributed by atoms with E-state index in [1.54, 1.807) is 0 Å². The second-order valence-corrected chi connectivity index (χ2v) is 3.55. The molecule has 1 rings (SSSR count). The number of alkyl halides is 1. The molecule has 76 valence electrons. The largest absolute Gasteiger partial charge is 0.349 e. The van der Waals surface area contributed by atoms with Gasteiger partial charge >= 0.3 is 0 Å². The lowest BCUT2D eigenvalue weighted by Gasteiger charge is -2.15. The molecule has 0 aliphatic rings. The van der Waals surface area contributed by atoms with Crippen molar-refractivity contribution in [1.29, 1.82) is 0 Å². The Labute approximate surface area is 89.3 Å². The molecule has 1 amide bonds. The lowest BCUT2D eigenvalue weighted by Crippen LogP contribution is -2.27. The van der Waals surface area contributed by atoms with E-state index in [-0.39, 0.29) is 17.8 Å². The predicted molar refractivity (Wildman–Crippen MR) is 58.5 cm³/mol. The van der Waals surface area contributed by atoms with Crippen LogP contribution in [-0.2, 0) is 4.79 Å². The van der Waals surface area contributed by atoms with Crippen molar-refractivity contribution in [2.45, 2.75) is 19.9 Å². The predicted octanol–water partition coefficient (Wildman–Crippen LogP) is 2.41. The van der Waals surface area contributed by atoms with Crippen LogP contribution in [0.25, 0.3) is 0 Å². The number of halogens is 1. The number of hydrogen-bond acceptors (Lipinski definition) is 1. The Morgan fingerprint density at radius 3 is 2.71 bits per heavy atom. The van der Waals surface area contributed by atoms with Crippen LogP contribution in [0.3, 0.4) is 0 Å². The monoisotopic (exact) mass is 211 g/mol. The van der Waals surface area contributed by atoms with Crippen molar-refractivity contribution in [3.05, 3.63) is 35.4 Å². The Hall–Kier alpha value is -1.02. The van der Waals surface area contributed by atoms with Gasteiger partial charge in [-0.15, -0.1) is 11.6 Å². The molecule has 3 heteroatoms. The van der Waals surface area contributed by atoms with Gasteiger partial charge in [-0.2, -0.15) is 0 Å². The zero-order valence-electron chi connectivity index (χ0n) is 8.38. The van der Waals surface area contributed by atoms with E-state index >= 15 is 0 Å². The fourth-order valence-electron chi connectivity index (χ4n) is 1.43. The molecule has 1 unspecified atom stereocenters. The number of hydrogen-bond donors (Lipinski definition) is 1. The molecule has 0 bridgehead atoms. The number of aryl methyl sites for hydroxylation is 1. The van der Waals surface area contributed by atoms with Crippen LogP contribution in [0.5, 0.6) is 0 Å². The van der Waals surface area contributed by atoms with Crippen molar-refractivity contribution >= 4 is 17.5 Å². The Morgan fingerprint density at radius 1 is 1.50 bits per heavy atom. The molecule has 0 spiro atoms. The second-order valence-electron chi connectivity index (χ2n) is 3.28. The minimum absolute atomic E-state index is 0.0101. The molecule has 0 aliphatic carbocycles. The minimum Gasteiger partial charge on any atom is -0.349 e. The Balaban J connectivity index is 2.74. The van der Waals surface area contributed by atoms with Gasteiger partial charge in [0, 0.05) is 0 Å². The summed E-state index contributed by atoms with van der Waals surface area (Å²) in [7, 11) is 0. The quantitative estimate of drug-likeness (QED) is 0.765. The maximum atomic E-state index is 11.1. The van der Waals surface area contributed by atoms with Gasteiger partial charge in [0.25, 0.3) is 0 Å². The lowest BCUT2D eigenvalue weighted by atomic mass is 10.0. The SMILES string of the molecule is Cc1ccccc1C(C)NC(=O)CCl. The van der Waals surface area contributed by atoms with Crippen molar-refractivity contribution in [1.82, 2.24) is 5.32 Å². The number of benzene rings is 1. The first-order chi connectivity index (χ1) is 6.65. The summed E-state index contributed by atoms with van der Waals surface area (Å²) in [5, 5.41) is 2.82. The van der Waals surface area contributed by atoms with E-state index < -0.39 is 0 Å². The van der Waals surface area contributed by atoms with E-state index in [4.69, 9.17) is 11.6 Å². The molecule has 0 radical (unpaired) electrons. The summed E-state index contributed by atoms with van der Waals surface area (Å²) in [5.74, 6) is -0.127. The fraction of sp³-hybridized carbons (Fsp3) is 0.364. The van der Waals surface area contributed by atoms with E-state index in [0.717, 1.165) is 5.56 Å². The number of rotatable bonds is 3. The van der Waals surface area contributed by atoms with Gasteiger partial charge in [0.15, 0.2) is 0 Å². The van der Waals surface area contributed by atoms with E-state index in [1.165, 1.54) is 5.56 Å². The van der Waals surface area contributed by atoms with Crippen LogP contribution in [0, 0.1) is 6.92 Å². The Morgan fingerprint density at radius 2 is 2.14 bits per heavy atom. The van der Waals surface area contributed by atoms with Crippen LogP contribution in [0.15, 0.2) is 24.3 Å². The van der Waals surface area contributed by atoms with Gasteiger partial charge in [0.05, 0.1) is 6.04 Å². The molecule has 0 aliphatic heterocycles. The van der Waals surface area contributed by atoms with Crippen LogP contribution in [0.4, 0.5) is 0 Å². The molecule has 0 heterocycles. The van der Waals surface area contributed by atoms with E-state index in [1.807, 2.05) is 38.1 Å². The highest BCUT2D eigenvalue weighted by Crippen LogP contribution is 2.16. The summed E-state index contributed by atoms with van der Waals surface area (Å²) in [5.41, 5.74) is 2.31. The van der Waals surface area contributed by atoms with Crippen molar-refractivity contribution in [2.75, 3.05) is 5.88 Å². The van der Waals surface area contributed by atoms with Crippen LogP contribution in [-0.4, -0.2) is 11.8 Å². The molecule has 0 aromatic heterocycles. The summed E-state index contributed by atoms with van der Waals surface area (Å²) in [6.45, 7) is 3.98. The van der Waals surface area contributed by atoms with Crippen molar-refractivity contribution in [2.24, 2.45) is 0 Å². The van der Waals surface area contributed by atoms with Crippen LogP contribution in [0.1, 0.15) is 24.1 Å². The maximum absolute atomic E-state index is 11.1. The van der Waals surface area contributed by atoms with Gasteiger partial charge < -0.3 is 5.32 Å². The Kier molecular flexibility index (Phi) is 3.96. The molecule has 0 saturated carbocycles. The third-order valence-corrected chi connectivity index (χ3v) is 2.40. The molecule has 2 nitrogen and oxygen atoms in total. The topological polar surface area (TPSA) is 29.1 Å². The van der Waals surface area contributed by atoms with Crippen LogP contribution < -0.4 is 5.32 Å². The summed E-state index contributed by atoms with van der Waals surface area (Å²) < 4.78 is 0. The van der Waals surface area contributed by atoms with E-state index in [0.29, 0.717) is 0 Å². The number of amides is 1. The second kappa shape index (κ2) is 5.01. The summed E-state index contributed by atoms with van der Waals surface area (Å²) in [6.07, 6.45) is 0. The third-order valence-electron chi connectivity index (χ3n) is 2.15. The minimum atomic E-state index is -0.137. The van der Waals surface area contributed by atoms with E-state index in [9.17, 15) is 4.79 Å². The average Bonchev–Trinajstić information content (AvgIpc) is 2.18. The van der Waals surface area contributed by atoms with Gasteiger partial charge in [-0.3, -0.25) is 4.79 Å². The fourth-order valence-corrected chi connectivity index (χ4v) is 1.51. The molecular weight excluding hydrogens is 198 g/mol. The maximum Gasteiger partial charge on any atom is 0.235 e. The van der Waals surface area contributed by atoms with Gasteiger partial charge in [0.2, 0.25) is 5.91 Å². The standard InChI is InChI=1S/C11H14ClNO/c1-8-5-3-4-6-10(8)9(2)13-11(14)7-12/h3-6,9H,7H2,1-2H3,(H,13,14). The number of carbonyl (C=O) groups excluding carboxylic acids is 1. The first-order valence-electron chi connectivity index (χ1n) is 4.56. The summed E-state index contributed by atoms with van der Waals surface area (Å²) in [6, 6.07) is 8.00. The molecule has 1 atom stereocenters. The molecule has 0 fully saturated rings. The molecule has 0 saturated heterocycles. The normalized spacial score (nSPS) is 12.2. The zero-order chi connectivity index (χ0) is 10.6. The average molecular weight is 212 g/mol. The van der Waals surface area contributed by atoms with Crippen molar-refractivity contribution in [3.8, 4) is 0 Å². The first-order valence-corrected chi connectivity index (χ1v) is 5.09. The van der Waals surface area contributed by atoms with Crippen LogP contribution >= 0.6 is 11.6 Å². The molecular formula is C11H14ClNO. The third kappa shape index (κ3) is 2.74. The van der Waals surface area contributed by atoms with Gasteiger partial charge in [-0.05, 0) is 25.0 Å². The lowest BCUT2D eigenvalue weighted by molar-refractivity contribution is -0.119. The summed E-state index contributed by atoms with van der Waals surface area (Å²) >= 11 is 5.41. The molecule has 14 heavy (non-hydrogen) atoms. The number of nitrogens with one attached hydrogen (secondary N) is 1. The van der Waals surface area contributed by atoms with Gasteiger partial charge in [-0.25, -0.2) is 0 Å². The van der Waals surface area contributed by atoms with Crippen molar-refractivity contribution < 1.29 is 4.79 Å². The first kappa shape index (κ1) is 11.1. The highest BCUT2D eigenvalue weighted by molar-refractivity contribution is 6.27.